The van der Waals surface area contributed by atoms with Gasteiger partial charge in [-0.3, -0.25) is 9.59 Å². The molecule has 0 aromatic rings. The van der Waals surface area contributed by atoms with Crippen molar-refractivity contribution in [2.75, 3.05) is 19.8 Å². The molecule has 0 aliphatic rings. The number of carbonyl (C=O) groups is 2. The van der Waals surface area contributed by atoms with Crippen LogP contribution in [-0.2, 0) is 23.8 Å². The fraction of sp³-hybridized carbons (Fsp3) is 0.811. The molecule has 338 valence electrons. The first-order valence-corrected chi connectivity index (χ1v) is 25.2. The summed E-state index contributed by atoms with van der Waals surface area (Å²) in [7, 11) is 0. The van der Waals surface area contributed by atoms with Crippen LogP contribution in [0.15, 0.2) is 48.6 Å². The molecule has 0 aliphatic heterocycles. The first kappa shape index (κ1) is 55.9. The summed E-state index contributed by atoms with van der Waals surface area (Å²) in [6.07, 6.45) is 59.8. The smallest absolute Gasteiger partial charge is 0.306 e. The van der Waals surface area contributed by atoms with Gasteiger partial charge in [0.05, 0.1) is 6.61 Å². The number of esters is 2. The van der Waals surface area contributed by atoms with Crippen LogP contribution in [0.5, 0.6) is 0 Å². The van der Waals surface area contributed by atoms with Crippen LogP contribution in [0.1, 0.15) is 252 Å². The van der Waals surface area contributed by atoms with E-state index >= 15 is 0 Å². The van der Waals surface area contributed by atoms with Gasteiger partial charge >= 0.3 is 11.9 Å². The largest absolute Gasteiger partial charge is 0.462 e. The second kappa shape index (κ2) is 49.2. The molecule has 0 aromatic carbocycles. The zero-order chi connectivity index (χ0) is 42.1. The normalized spacial score (nSPS) is 12.5. The Labute approximate surface area is 361 Å². The summed E-state index contributed by atoms with van der Waals surface area (Å²) in [6, 6.07) is 0. The number of hydrogen-bond donors (Lipinski definition) is 0. The summed E-state index contributed by atoms with van der Waals surface area (Å²) in [6.45, 7) is 7.70. The monoisotopic (exact) mass is 813 g/mol. The third kappa shape index (κ3) is 46.5. The predicted octanol–water partition coefficient (Wildman–Crippen LogP) is 16.8. The van der Waals surface area contributed by atoms with E-state index in [2.05, 4.69) is 69.4 Å². The van der Waals surface area contributed by atoms with E-state index < -0.39 is 6.10 Å². The summed E-state index contributed by atoms with van der Waals surface area (Å²) >= 11 is 0. The number of rotatable bonds is 46. The van der Waals surface area contributed by atoms with E-state index in [1.807, 2.05) is 0 Å². The number of carbonyl (C=O) groups excluding carboxylic acids is 2. The lowest BCUT2D eigenvalue weighted by Crippen LogP contribution is -2.30. The highest BCUT2D eigenvalue weighted by Crippen LogP contribution is 2.15. The highest BCUT2D eigenvalue weighted by atomic mass is 16.6. The quantitative estimate of drug-likeness (QED) is 0.0348. The molecule has 0 heterocycles. The lowest BCUT2D eigenvalue weighted by molar-refractivity contribution is -0.163. The Morgan fingerprint density at radius 2 is 0.776 bits per heavy atom. The topological polar surface area (TPSA) is 61.8 Å². The van der Waals surface area contributed by atoms with E-state index in [1.165, 1.54) is 148 Å². The summed E-state index contributed by atoms with van der Waals surface area (Å²) in [5, 5.41) is 0. The first-order chi connectivity index (χ1) is 28.6. The van der Waals surface area contributed by atoms with E-state index in [9.17, 15) is 9.59 Å². The van der Waals surface area contributed by atoms with Crippen molar-refractivity contribution in [3.8, 4) is 0 Å². The maximum absolute atomic E-state index is 12.7. The summed E-state index contributed by atoms with van der Waals surface area (Å²) in [5.41, 5.74) is 0. The molecule has 0 bridgehead atoms. The third-order valence-corrected chi connectivity index (χ3v) is 10.9. The van der Waals surface area contributed by atoms with Crippen molar-refractivity contribution in [1.29, 1.82) is 0 Å². The average molecular weight is 813 g/mol. The molecule has 0 fully saturated rings. The molecule has 0 spiro atoms. The number of hydrogen-bond acceptors (Lipinski definition) is 5. The van der Waals surface area contributed by atoms with Gasteiger partial charge < -0.3 is 14.2 Å². The number of ether oxygens (including phenoxy) is 3. The Kier molecular flexibility index (Phi) is 47.4. The maximum Gasteiger partial charge on any atom is 0.306 e. The van der Waals surface area contributed by atoms with E-state index in [-0.39, 0.29) is 25.2 Å². The molecular formula is C53H96O5. The minimum absolute atomic E-state index is 0.0729. The van der Waals surface area contributed by atoms with Crippen LogP contribution in [-0.4, -0.2) is 37.9 Å². The summed E-state index contributed by atoms with van der Waals surface area (Å²) in [4.78, 5) is 25.3. The van der Waals surface area contributed by atoms with Crippen LogP contribution in [0.2, 0.25) is 0 Å². The SMILES string of the molecule is CC/C=C\C/C=C\C/C=C\C/C=C\CCCCC(=O)OC(COCCCCCCCCCCCC)COC(=O)CCCCCCCCCCCCCCCCCCC. The van der Waals surface area contributed by atoms with Gasteiger partial charge in [0, 0.05) is 19.4 Å². The van der Waals surface area contributed by atoms with Crippen molar-refractivity contribution in [2.45, 2.75) is 258 Å². The molecule has 5 heteroatoms. The number of unbranched alkanes of at least 4 members (excludes halogenated alkanes) is 27. The summed E-state index contributed by atoms with van der Waals surface area (Å²) in [5.74, 6) is -0.434. The standard InChI is InChI=1S/C53H96O5/c1-4-7-10-13-16-19-22-24-26-27-29-30-32-34-37-40-43-46-52(54)57-50-51(49-56-48-45-42-39-36-21-18-15-12-9-6-3)58-53(55)47-44-41-38-35-33-31-28-25-23-20-17-14-11-8-5-2/h8,11,17,20,25,28,33,35,51H,4-7,9-10,12-16,18-19,21-24,26-27,29-32,34,36-50H2,1-3H3/b11-8-,20-17-,28-25-,35-33-. The van der Waals surface area contributed by atoms with Crippen LogP contribution in [0.25, 0.3) is 0 Å². The minimum Gasteiger partial charge on any atom is -0.462 e. The van der Waals surface area contributed by atoms with Gasteiger partial charge in [-0.25, -0.2) is 0 Å². The fourth-order valence-electron chi connectivity index (χ4n) is 7.15. The number of allylic oxidation sites excluding steroid dienone is 8. The van der Waals surface area contributed by atoms with Gasteiger partial charge in [-0.2, -0.15) is 0 Å². The Morgan fingerprint density at radius 1 is 0.397 bits per heavy atom. The molecule has 5 nitrogen and oxygen atoms in total. The molecule has 0 radical (unpaired) electrons. The molecule has 58 heavy (non-hydrogen) atoms. The molecule has 0 aliphatic carbocycles. The van der Waals surface area contributed by atoms with Gasteiger partial charge in [-0.05, 0) is 57.8 Å². The van der Waals surface area contributed by atoms with Crippen molar-refractivity contribution in [2.24, 2.45) is 0 Å². The van der Waals surface area contributed by atoms with Crippen LogP contribution in [0.4, 0.5) is 0 Å². The Balaban J connectivity index is 4.24. The fourth-order valence-corrected chi connectivity index (χ4v) is 7.15. The highest BCUT2D eigenvalue weighted by molar-refractivity contribution is 5.70. The van der Waals surface area contributed by atoms with E-state index in [0.717, 1.165) is 70.6 Å². The van der Waals surface area contributed by atoms with Crippen LogP contribution in [0, 0.1) is 0 Å². The molecular weight excluding hydrogens is 717 g/mol. The van der Waals surface area contributed by atoms with Crippen LogP contribution in [0.3, 0.4) is 0 Å². The predicted molar refractivity (Wildman–Crippen MR) is 251 cm³/mol. The Bertz CT molecular complexity index is 966. The van der Waals surface area contributed by atoms with E-state index in [4.69, 9.17) is 14.2 Å². The van der Waals surface area contributed by atoms with Gasteiger partial charge in [0.25, 0.3) is 0 Å². The second-order valence-corrected chi connectivity index (χ2v) is 16.7. The van der Waals surface area contributed by atoms with Crippen molar-refractivity contribution in [1.82, 2.24) is 0 Å². The molecule has 1 unspecified atom stereocenters. The molecule has 0 aromatic heterocycles. The van der Waals surface area contributed by atoms with Gasteiger partial charge in [-0.15, -0.1) is 0 Å². The van der Waals surface area contributed by atoms with E-state index in [0.29, 0.717) is 19.4 Å². The zero-order valence-electron chi connectivity index (χ0n) is 38.8. The van der Waals surface area contributed by atoms with Crippen molar-refractivity contribution < 1.29 is 23.8 Å². The van der Waals surface area contributed by atoms with Crippen LogP contribution < -0.4 is 0 Å². The first-order valence-electron chi connectivity index (χ1n) is 25.2. The third-order valence-electron chi connectivity index (χ3n) is 10.9. The van der Waals surface area contributed by atoms with Crippen molar-refractivity contribution in [3.63, 3.8) is 0 Å². The zero-order valence-corrected chi connectivity index (χ0v) is 38.8. The van der Waals surface area contributed by atoms with Crippen molar-refractivity contribution >= 4 is 11.9 Å². The Morgan fingerprint density at radius 3 is 1.24 bits per heavy atom. The molecule has 0 saturated carbocycles. The average Bonchev–Trinajstić information content (AvgIpc) is 3.22. The second-order valence-electron chi connectivity index (χ2n) is 16.7. The van der Waals surface area contributed by atoms with Gasteiger partial charge in [0.1, 0.15) is 6.61 Å². The summed E-state index contributed by atoms with van der Waals surface area (Å²) < 4.78 is 17.3. The molecule has 0 rings (SSSR count). The van der Waals surface area contributed by atoms with Crippen LogP contribution >= 0.6 is 0 Å². The molecule has 0 N–H and O–H groups in total. The Hall–Kier alpha value is -2.14. The van der Waals surface area contributed by atoms with E-state index in [1.54, 1.807) is 0 Å². The van der Waals surface area contributed by atoms with Gasteiger partial charge in [0.15, 0.2) is 6.10 Å². The molecule has 0 saturated heterocycles. The molecule has 1 atom stereocenters. The van der Waals surface area contributed by atoms with Crippen molar-refractivity contribution in [3.05, 3.63) is 48.6 Å². The lowest BCUT2D eigenvalue weighted by Gasteiger charge is -2.18. The highest BCUT2D eigenvalue weighted by Gasteiger charge is 2.17. The minimum atomic E-state index is -0.551. The lowest BCUT2D eigenvalue weighted by atomic mass is 10.0. The van der Waals surface area contributed by atoms with Gasteiger partial charge in [0.2, 0.25) is 0 Å². The van der Waals surface area contributed by atoms with Gasteiger partial charge in [-0.1, -0.05) is 230 Å². The maximum atomic E-state index is 12.7. The molecule has 0 amide bonds.